The van der Waals surface area contributed by atoms with Gasteiger partial charge in [-0.2, -0.15) is 5.06 Å². The third kappa shape index (κ3) is 5.78. The third-order valence-electron chi connectivity index (χ3n) is 4.93. The van der Waals surface area contributed by atoms with Gasteiger partial charge in [-0.25, -0.2) is 0 Å². The number of rotatable bonds is 7. The second kappa shape index (κ2) is 8.40. The molecular formula is C21H31NO5. The Bertz CT molecular complexity index is 638. The summed E-state index contributed by atoms with van der Waals surface area (Å²) in [6.07, 6.45) is 0.579. The lowest BCUT2D eigenvalue weighted by Crippen LogP contribution is -2.62. The van der Waals surface area contributed by atoms with Crippen molar-refractivity contribution in [3.8, 4) is 0 Å². The molecule has 1 unspecified atom stereocenters. The average molecular weight is 377 g/mol. The van der Waals surface area contributed by atoms with Gasteiger partial charge in [-0.05, 0) is 40.2 Å². The van der Waals surface area contributed by atoms with Gasteiger partial charge in [0.1, 0.15) is 12.2 Å². The van der Waals surface area contributed by atoms with E-state index in [0.29, 0.717) is 12.8 Å². The summed E-state index contributed by atoms with van der Waals surface area (Å²) < 4.78 is 5.57. The Labute approximate surface area is 161 Å². The Morgan fingerprint density at radius 1 is 1.11 bits per heavy atom. The molecule has 0 spiro atoms. The SMILES string of the molecule is CC(ON1C(C)(C)CC(OC(=O)CCC(=O)O)CC1(C)C)c1ccccc1. The topological polar surface area (TPSA) is 76.1 Å². The molecule has 1 atom stereocenters. The van der Waals surface area contributed by atoms with Crippen molar-refractivity contribution in [2.24, 2.45) is 0 Å². The zero-order valence-corrected chi connectivity index (χ0v) is 16.9. The van der Waals surface area contributed by atoms with Crippen LogP contribution in [0.5, 0.6) is 0 Å². The quantitative estimate of drug-likeness (QED) is 0.721. The van der Waals surface area contributed by atoms with Gasteiger partial charge in [0.25, 0.3) is 0 Å². The maximum absolute atomic E-state index is 12.0. The first kappa shape index (κ1) is 21.4. The van der Waals surface area contributed by atoms with Crippen LogP contribution in [0.15, 0.2) is 30.3 Å². The normalized spacial score (nSPS) is 20.8. The van der Waals surface area contributed by atoms with Crippen molar-refractivity contribution in [1.29, 1.82) is 0 Å². The Hall–Kier alpha value is -1.92. The van der Waals surface area contributed by atoms with Crippen molar-refractivity contribution in [3.63, 3.8) is 0 Å². The highest BCUT2D eigenvalue weighted by Gasteiger charge is 2.48. The second-order valence-electron chi connectivity index (χ2n) is 8.49. The van der Waals surface area contributed by atoms with Crippen LogP contribution in [0.3, 0.4) is 0 Å². The number of esters is 1. The van der Waals surface area contributed by atoms with Crippen LogP contribution in [0, 0.1) is 0 Å². The van der Waals surface area contributed by atoms with Crippen LogP contribution < -0.4 is 0 Å². The molecular weight excluding hydrogens is 346 g/mol. The minimum Gasteiger partial charge on any atom is -0.481 e. The lowest BCUT2D eigenvalue weighted by Gasteiger charge is -2.54. The lowest BCUT2D eigenvalue weighted by molar-refractivity contribution is -0.314. The number of carboxylic acid groups (broad SMARTS) is 1. The monoisotopic (exact) mass is 377 g/mol. The van der Waals surface area contributed by atoms with Crippen molar-refractivity contribution < 1.29 is 24.3 Å². The van der Waals surface area contributed by atoms with E-state index in [4.69, 9.17) is 14.7 Å². The van der Waals surface area contributed by atoms with Gasteiger partial charge >= 0.3 is 11.9 Å². The predicted octanol–water partition coefficient (Wildman–Crippen LogP) is 4.11. The lowest BCUT2D eigenvalue weighted by atomic mass is 9.80. The van der Waals surface area contributed by atoms with Crippen LogP contribution in [0.2, 0.25) is 0 Å². The van der Waals surface area contributed by atoms with Gasteiger partial charge in [0.05, 0.1) is 12.8 Å². The summed E-state index contributed by atoms with van der Waals surface area (Å²) in [5, 5.41) is 10.7. The van der Waals surface area contributed by atoms with Crippen molar-refractivity contribution in [1.82, 2.24) is 5.06 Å². The highest BCUT2D eigenvalue weighted by molar-refractivity contribution is 5.76. The van der Waals surface area contributed by atoms with E-state index < -0.39 is 11.9 Å². The zero-order chi connectivity index (χ0) is 20.2. The molecule has 150 valence electrons. The number of nitrogens with zero attached hydrogens (tertiary/aromatic N) is 1. The van der Waals surface area contributed by atoms with E-state index in [0.717, 1.165) is 5.56 Å². The molecule has 1 fully saturated rings. The molecule has 0 aliphatic carbocycles. The number of aliphatic carboxylic acids is 1. The first-order valence-corrected chi connectivity index (χ1v) is 9.44. The number of hydroxylamine groups is 2. The molecule has 1 aliphatic heterocycles. The van der Waals surface area contributed by atoms with Crippen molar-refractivity contribution in [2.75, 3.05) is 0 Å². The van der Waals surface area contributed by atoms with E-state index in [9.17, 15) is 9.59 Å². The molecule has 1 heterocycles. The Morgan fingerprint density at radius 3 is 2.19 bits per heavy atom. The van der Waals surface area contributed by atoms with Crippen LogP contribution in [-0.2, 0) is 19.2 Å². The van der Waals surface area contributed by atoms with Gasteiger partial charge < -0.3 is 9.84 Å². The maximum atomic E-state index is 12.0. The molecule has 2 rings (SSSR count). The molecule has 6 nitrogen and oxygen atoms in total. The number of carbonyl (C=O) groups excluding carboxylic acids is 1. The van der Waals surface area contributed by atoms with Crippen molar-refractivity contribution in [3.05, 3.63) is 35.9 Å². The molecule has 1 saturated heterocycles. The van der Waals surface area contributed by atoms with E-state index in [1.54, 1.807) is 0 Å². The summed E-state index contributed by atoms with van der Waals surface area (Å²) in [6.45, 7) is 10.3. The van der Waals surface area contributed by atoms with Gasteiger partial charge in [-0.1, -0.05) is 30.3 Å². The molecule has 0 amide bonds. The summed E-state index contributed by atoms with van der Waals surface area (Å²) in [6, 6.07) is 10.1. The molecule has 27 heavy (non-hydrogen) atoms. The molecule has 1 aliphatic rings. The molecule has 0 aromatic heterocycles. The molecule has 1 aromatic rings. The molecule has 1 aromatic carbocycles. The molecule has 6 heteroatoms. The van der Waals surface area contributed by atoms with E-state index >= 15 is 0 Å². The first-order chi connectivity index (χ1) is 12.5. The third-order valence-corrected chi connectivity index (χ3v) is 4.93. The highest BCUT2D eigenvalue weighted by atomic mass is 16.7. The number of carboxylic acids is 1. The van der Waals surface area contributed by atoms with Gasteiger partial charge in [0.15, 0.2) is 0 Å². The largest absolute Gasteiger partial charge is 0.481 e. The first-order valence-electron chi connectivity index (χ1n) is 9.44. The summed E-state index contributed by atoms with van der Waals surface area (Å²) in [5.41, 5.74) is 0.414. The summed E-state index contributed by atoms with van der Waals surface area (Å²) in [7, 11) is 0. The summed E-state index contributed by atoms with van der Waals surface area (Å²) >= 11 is 0. The van der Waals surface area contributed by atoms with Gasteiger partial charge in [0.2, 0.25) is 0 Å². The van der Waals surface area contributed by atoms with Crippen molar-refractivity contribution >= 4 is 11.9 Å². The number of ether oxygens (including phenoxy) is 1. The Balaban J connectivity index is 2.05. The Morgan fingerprint density at radius 2 is 1.67 bits per heavy atom. The fourth-order valence-electron chi connectivity index (χ4n) is 3.94. The molecule has 0 saturated carbocycles. The number of hydrogen-bond donors (Lipinski definition) is 1. The smallest absolute Gasteiger partial charge is 0.306 e. The highest BCUT2D eigenvalue weighted by Crippen LogP contribution is 2.41. The van der Waals surface area contributed by atoms with E-state index in [2.05, 4.69) is 27.7 Å². The molecule has 1 N–H and O–H groups in total. The fourth-order valence-corrected chi connectivity index (χ4v) is 3.94. The minimum absolute atomic E-state index is 0.0978. The number of piperidine rings is 1. The predicted molar refractivity (Wildman–Crippen MR) is 102 cm³/mol. The standard InChI is InChI=1S/C21H31NO5/c1-15(16-9-7-6-8-10-16)27-22-20(2,3)13-17(14-21(22,4)5)26-19(25)12-11-18(23)24/h6-10,15,17H,11-14H2,1-5H3,(H,23,24). The molecule has 0 radical (unpaired) electrons. The van der Waals surface area contributed by atoms with Gasteiger partial charge in [0, 0.05) is 23.9 Å². The number of benzene rings is 1. The Kier molecular flexibility index (Phi) is 6.65. The van der Waals surface area contributed by atoms with Crippen LogP contribution >= 0.6 is 0 Å². The van der Waals surface area contributed by atoms with Crippen molar-refractivity contribution in [2.45, 2.75) is 83.6 Å². The average Bonchev–Trinajstić information content (AvgIpc) is 2.56. The van der Waals surface area contributed by atoms with Crippen LogP contribution in [-0.4, -0.2) is 39.3 Å². The zero-order valence-electron chi connectivity index (χ0n) is 16.9. The van der Waals surface area contributed by atoms with E-state index in [1.807, 2.05) is 42.3 Å². The summed E-state index contributed by atoms with van der Waals surface area (Å²) in [5.74, 6) is -1.45. The fraction of sp³-hybridized carbons (Fsp3) is 0.619. The van der Waals surface area contributed by atoms with Crippen LogP contribution in [0.4, 0.5) is 0 Å². The van der Waals surface area contributed by atoms with Gasteiger partial charge in [-0.15, -0.1) is 0 Å². The van der Waals surface area contributed by atoms with E-state index in [-0.39, 0.29) is 36.1 Å². The number of carbonyl (C=O) groups is 2. The molecule has 0 bridgehead atoms. The summed E-state index contributed by atoms with van der Waals surface area (Å²) in [4.78, 5) is 28.9. The minimum atomic E-state index is -0.995. The van der Waals surface area contributed by atoms with Gasteiger partial charge in [-0.3, -0.25) is 14.4 Å². The second-order valence-corrected chi connectivity index (χ2v) is 8.49. The number of hydrogen-bond acceptors (Lipinski definition) is 5. The van der Waals surface area contributed by atoms with Crippen LogP contribution in [0.25, 0.3) is 0 Å². The maximum Gasteiger partial charge on any atom is 0.306 e. The van der Waals surface area contributed by atoms with Crippen LogP contribution in [0.1, 0.15) is 72.0 Å². The van der Waals surface area contributed by atoms with E-state index in [1.165, 1.54) is 0 Å².